The summed E-state index contributed by atoms with van der Waals surface area (Å²) in [5.74, 6) is 0.287. The summed E-state index contributed by atoms with van der Waals surface area (Å²) < 4.78 is 39.7. The second-order valence-corrected chi connectivity index (χ2v) is 9.98. The van der Waals surface area contributed by atoms with E-state index in [0.29, 0.717) is 11.4 Å². The van der Waals surface area contributed by atoms with Gasteiger partial charge in [-0.05, 0) is 77.5 Å². The summed E-state index contributed by atoms with van der Waals surface area (Å²) in [6.07, 6.45) is 0. The molecule has 1 N–H and O–H groups in total. The van der Waals surface area contributed by atoms with Gasteiger partial charge >= 0.3 is 0 Å². The molecule has 9 heteroatoms. The highest BCUT2D eigenvalue weighted by Crippen LogP contribution is 2.35. The van der Waals surface area contributed by atoms with Crippen LogP contribution in [0.4, 0.5) is 11.4 Å². The fraction of sp³-hybridized carbons (Fsp3) is 0.174. The summed E-state index contributed by atoms with van der Waals surface area (Å²) in [5.41, 5.74) is 1.73. The Morgan fingerprint density at radius 3 is 2.34 bits per heavy atom. The Hall–Kier alpha value is -2.79. The van der Waals surface area contributed by atoms with Crippen molar-refractivity contribution in [3.63, 3.8) is 0 Å². The first-order valence-electron chi connectivity index (χ1n) is 9.62. The Kier molecular flexibility index (Phi) is 7.62. The molecular formula is C23H23IN2O5S. The lowest BCUT2D eigenvalue weighted by atomic mass is 10.2. The monoisotopic (exact) mass is 566 g/mol. The number of amides is 1. The zero-order valence-corrected chi connectivity index (χ0v) is 20.8. The molecule has 1 amide bonds. The van der Waals surface area contributed by atoms with Crippen molar-refractivity contribution in [2.45, 2.75) is 11.8 Å². The highest BCUT2D eigenvalue weighted by atomic mass is 127. The van der Waals surface area contributed by atoms with Gasteiger partial charge in [0, 0.05) is 15.3 Å². The van der Waals surface area contributed by atoms with Crippen LogP contribution >= 0.6 is 22.6 Å². The Morgan fingerprint density at radius 2 is 1.72 bits per heavy atom. The zero-order chi connectivity index (χ0) is 23.3. The van der Waals surface area contributed by atoms with Crippen molar-refractivity contribution in [1.82, 2.24) is 0 Å². The molecule has 0 saturated heterocycles. The predicted octanol–water partition coefficient (Wildman–Crippen LogP) is 4.45. The van der Waals surface area contributed by atoms with Gasteiger partial charge in [0.1, 0.15) is 18.0 Å². The predicted molar refractivity (Wildman–Crippen MR) is 133 cm³/mol. The standard InChI is InChI=1S/C23H23IN2O5S/c1-16-13-17(24)9-11-20(16)25-23(27)15-26(32(28,29)19-7-5-4-6-8-19)21-12-10-18(30-2)14-22(21)31-3/h4-14H,15H2,1-3H3,(H,25,27). The summed E-state index contributed by atoms with van der Waals surface area (Å²) in [6, 6.07) is 18.3. The molecule has 168 valence electrons. The van der Waals surface area contributed by atoms with E-state index < -0.39 is 22.5 Å². The lowest BCUT2D eigenvalue weighted by Crippen LogP contribution is -2.38. The van der Waals surface area contributed by atoms with E-state index in [4.69, 9.17) is 9.47 Å². The van der Waals surface area contributed by atoms with Gasteiger partial charge in [-0.15, -0.1) is 0 Å². The second-order valence-electron chi connectivity index (χ2n) is 6.87. The van der Waals surface area contributed by atoms with E-state index in [-0.39, 0.29) is 16.3 Å². The molecule has 3 rings (SSSR count). The summed E-state index contributed by atoms with van der Waals surface area (Å²) in [6.45, 7) is 1.44. The van der Waals surface area contributed by atoms with Crippen molar-refractivity contribution in [2.75, 3.05) is 30.4 Å². The first-order chi connectivity index (χ1) is 15.3. The minimum absolute atomic E-state index is 0.0658. The van der Waals surface area contributed by atoms with Crippen molar-refractivity contribution in [1.29, 1.82) is 0 Å². The number of aryl methyl sites for hydroxylation is 1. The fourth-order valence-electron chi connectivity index (χ4n) is 3.10. The summed E-state index contributed by atoms with van der Waals surface area (Å²) in [7, 11) is -1.13. The van der Waals surface area contributed by atoms with Crippen molar-refractivity contribution in [3.05, 3.63) is 75.9 Å². The summed E-state index contributed by atoms with van der Waals surface area (Å²) in [4.78, 5) is 13.0. The summed E-state index contributed by atoms with van der Waals surface area (Å²) >= 11 is 2.19. The van der Waals surface area contributed by atoms with Gasteiger partial charge < -0.3 is 14.8 Å². The lowest BCUT2D eigenvalue weighted by molar-refractivity contribution is -0.114. The topological polar surface area (TPSA) is 84.9 Å². The normalized spacial score (nSPS) is 11.0. The van der Waals surface area contributed by atoms with Crippen LogP contribution in [0.3, 0.4) is 0 Å². The van der Waals surface area contributed by atoms with E-state index >= 15 is 0 Å². The van der Waals surface area contributed by atoms with Gasteiger partial charge in [-0.3, -0.25) is 9.10 Å². The molecule has 3 aromatic rings. The average molecular weight is 566 g/mol. The molecule has 0 aliphatic carbocycles. The van der Waals surface area contributed by atoms with Gasteiger partial charge in [-0.1, -0.05) is 18.2 Å². The number of nitrogens with one attached hydrogen (secondary N) is 1. The summed E-state index contributed by atoms with van der Waals surface area (Å²) in [5, 5.41) is 2.81. The smallest absolute Gasteiger partial charge is 0.264 e. The van der Waals surface area contributed by atoms with Crippen LogP contribution in [0.1, 0.15) is 5.56 Å². The molecule has 0 aromatic heterocycles. The molecule has 0 heterocycles. The van der Waals surface area contributed by atoms with Gasteiger partial charge in [-0.2, -0.15) is 0 Å². The number of anilines is 2. The van der Waals surface area contributed by atoms with E-state index in [0.717, 1.165) is 13.4 Å². The number of rotatable bonds is 8. The van der Waals surface area contributed by atoms with Crippen LogP contribution in [-0.4, -0.2) is 35.1 Å². The number of hydrogen-bond acceptors (Lipinski definition) is 5. The maximum atomic E-state index is 13.5. The Balaban J connectivity index is 2.02. The van der Waals surface area contributed by atoms with Crippen molar-refractivity contribution < 1.29 is 22.7 Å². The van der Waals surface area contributed by atoms with E-state index in [1.54, 1.807) is 42.5 Å². The van der Waals surface area contributed by atoms with Gasteiger partial charge in [0.05, 0.1) is 24.8 Å². The molecule has 0 aliphatic rings. The molecule has 0 bridgehead atoms. The number of ether oxygens (including phenoxy) is 2. The molecule has 32 heavy (non-hydrogen) atoms. The number of hydrogen-bond donors (Lipinski definition) is 1. The third-order valence-electron chi connectivity index (χ3n) is 4.74. The van der Waals surface area contributed by atoms with Crippen molar-refractivity contribution >= 4 is 49.9 Å². The third kappa shape index (κ3) is 5.33. The second kappa shape index (κ2) is 10.2. The van der Waals surface area contributed by atoms with E-state index in [2.05, 4.69) is 27.9 Å². The lowest BCUT2D eigenvalue weighted by Gasteiger charge is -2.26. The number of methoxy groups -OCH3 is 2. The SMILES string of the molecule is COc1ccc(N(CC(=O)Nc2ccc(I)cc2C)S(=O)(=O)c2ccccc2)c(OC)c1. The van der Waals surface area contributed by atoms with E-state index in [1.807, 2.05) is 19.1 Å². The zero-order valence-electron chi connectivity index (χ0n) is 17.8. The molecule has 0 atom stereocenters. The van der Waals surface area contributed by atoms with Crippen LogP contribution < -0.4 is 19.1 Å². The molecule has 0 fully saturated rings. The Morgan fingerprint density at radius 1 is 1.00 bits per heavy atom. The van der Waals surface area contributed by atoms with Gasteiger partial charge in [0.25, 0.3) is 10.0 Å². The van der Waals surface area contributed by atoms with Gasteiger partial charge in [0.2, 0.25) is 5.91 Å². The highest BCUT2D eigenvalue weighted by molar-refractivity contribution is 14.1. The van der Waals surface area contributed by atoms with Crippen molar-refractivity contribution in [3.8, 4) is 11.5 Å². The first kappa shape index (κ1) is 23.9. The number of benzene rings is 3. The van der Waals surface area contributed by atoms with Crippen LogP contribution in [-0.2, 0) is 14.8 Å². The molecule has 0 saturated carbocycles. The molecule has 0 unspecified atom stereocenters. The number of nitrogens with zero attached hydrogens (tertiary/aromatic N) is 1. The maximum Gasteiger partial charge on any atom is 0.264 e. The maximum absolute atomic E-state index is 13.5. The Bertz CT molecular complexity index is 1220. The number of carbonyl (C=O) groups is 1. The van der Waals surface area contributed by atoms with Gasteiger partial charge in [-0.25, -0.2) is 8.42 Å². The van der Waals surface area contributed by atoms with Gasteiger partial charge in [0.15, 0.2) is 0 Å². The molecular weight excluding hydrogens is 543 g/mol. The third-order valence-corrected chi connectivity index (χ3v) is 7.18. The van der Waals surface area contributed by atoms with E-state index in [1.165, 1.54) is 26.4 Å². The largest absolute Gasteiger partial charge is 0.497 e. The molecule has 0 aliphatic heterocycles. The highest BCUT2D eigenvalue weighted by Gasteiger charge is 2.29. The average Bonchev–Trinajstić information content (AvgIpc) is 2.79. The van der Waals surface area contributed by atoms with E-state index in [9.17, 15) is 13.2 Å². The van der Waals surface area contributed by atoms with Crippen LogP contribution in [0.5, 0.6) is 11.5 Å². The molecule has 0 radical (unpaired) electrons. The Labute approximate surface area is 201 Å². The minimum atomic E-state index is -4.06. The molecule has 7 nitrogen and oxygen atoms in total. The van der Waals surface area contributed by atoms with Crippen molar-refractivity contribution in [2.24, 2.45) is 0 Å². The quantitative estimate of drug-likeness (QED) is 0.408. The van der Waals surface area contributed by atoms with Crippen LogP contribution in [0, 0.1) is 10.5 Å². The minimum Gasteiger partial charge on any atom is -0.497 e. The fourth-order valence-corrected chi connectivity index (χ4v) is 5.20. The number of carbonyl (C=O) groups excluding carboxylic acids is 1. The van der Waals surface area contributed by atoms with Crippen LogP contribution in [0.25, 0.3) is 0 Å². The number of halogens is 1. The molecule has 0 spiro atoms. The molecule has 3 aromatic carbocycles. The van der Waals surface area contributed by atoms with Crippen LogP contribution in [0.15, 0.2) is 71.6 Å². The first-order valence-corrected chi connectivity index (χ1v) is 12.1. The van der Waals surface area contributed by atoms with Crippen LogP contribution in [0.2, 0.25) is 0 Å². The number of sulfonamides is 1.